The predicted molar refractivity (Wildman–Crippen MR) is 175 cm³/mol. The van der Waals surface area contributed by atoms with Gasteiger partial charge in [-0.2, -0.15) is 8.42 Å². The number of benzene rings is 3. The maximum Gasteiger partial charge on any atom is 0.297 e. The number of ether oxygens (including phenoxy) is 6. The summed E-state index contributed by atoms with van der Waals surface area (Å²) in [7, 11) is 4.00. The second kappa shape index (κ2) is 15.0. The molecule has 0 spiro atoms. The van der Waals surface area contributed by atoms with Gasteiger partial charge >= 0.3 is 0 Å². The molecule has 0 radical (unpaired) electrons. The standard InChI is InChI=1S/C32H31FN2O12S2/c1-39-18-15-20(40-2)26-21(16-18)46-28(17-13-22(41-3)29(43-5)23(14-17)42-4)30(27(26)36)45-11-8-12-48-32-35-34-31(47-32)25-19(33)9-7-10-24(25)49(37,38)44-6/h7,9-10,13-16H,8,11-12H2,1-6H3. The molecule has 49 heavy (non-hydrogen) atoms. The molecule has 0 aliphatic carbocycles. The molecule has 0 amide bonds. The first-order valence-corrected chi connectivity index (χ1v) is 16.7. The first-order valence-electron chi connectivity index (χ1n) is 14.3. The van der Waals surface area contributed by atoms with Crippen molar-refractivity contribution in [1.82, 2.24) is 10.2 Å². The first-order chi connectivity index (χ1) is 23.6. The second-order valence-electron chi connectivity index (χ2n) is 9.86. The lowest BCUT2D eigenvalue weighted by Gasteiger charge is -2.16. The van der Waals surface area contributed by atoms with E-state index in [1.807, 2.05) is 0 Å². The highest BCUT2D eigenvalue weighted by atomic mass is 32.2. The fourth-order valence-electron chi connectivity index (χ4n) is 4.83. The number of hydrogen-bond donors (Lipinski definition) is 0. The Morgan fingerprint density at radius 3 is 2.18 bits per heavy atom. The third-order valence-corrected chi connectivity index (χ3v) is 9.34. The van der Waals surface area contributed by atoms with Crippen LogP contribution in [0.5, 0.6) is 34.5 Å². The molecule has 0 atom stereocenters. The van der Waals surface area contributed by atoms with Crippen molar-refractivity contribution >= 4 is 32.8 Å². The summed E-state index contributed by atoms with van der Waals surface area (Å²) in [6.45, 7) is 0.0453. The van der Waals surface area contributed by atoms with Gasteiger partial charge in [-0.3, -0.25) is 8.98 Å². The van der Waals surface area contributed by atoms with Gasteiger partial charge in [-0.25, -0.2) is 4.39 Å². The fourth-order valence-corrected chi connectivity index (χ4v) is 6.36. The van der Waals surface area contributed by atoms with Gasteiger partial charge in [0.05, 0.1) is 54.8 Å². The van der Waals surface area contributed by atoms with Crippen LogP contribution in [0.2, 0.25) is 0 Å². The number of aromatic nitrogens is 2. The van der Waals surface area contributed by atoms with Gasteiger partial charge in [-0.05, 0) is 30.7 Å². The molecule has 14 nitrogen and oxygen atoms in total. The van der Waals surface area contributed by atoms with Crippen LogP contribution in [0.15, 0.2) is 66.2 Å². The molecular weight excluding hydrogens is 687 g/mol. The molecule has 5 aromatic rings. The Bertz CT molecular complexity index is 2130. The summed E-state index contributed by atoms with van der Waals surface area (Å²) in [5.41, 5.74) is -0.301. The third kappa shape index (κ3) is 7.09. The first kappa shape index (κ1) is 35.3. The monoisotopic (exact) mass is 718 g/mol. The number of hydrogen-bond acceptors (Lipinski definition) is 15. The molecule has 0 N–H and O–H groups in total. The summed E-state index contributed by atoms with van der Waals surface area (Å²) in [4.78, 5) is 13.5. The topological polar surface area (TPSA) is 168 Å². The SMILES string of the molecule is COc1cc(OC)c2c(=O)c(OCCCSc3nnc(-c4c(F)cccc4S(=O)(=O)OC)o3)c(-c3cc(OC)c(OC)c(OC)c3)oc2c1. The molecular formula is C32H31FN2O12S2. The van der Waals surface area contributed by atoms with Crippen LogP contribution in [0.1, 0.15) is 6.42 Å². The molecule has 0 unspecified atom stereocenters. The van der Waals surface area contributed by atoms with E-state index in [9.17, 15) is 17.6 Å². The maximum atomic E-state index is 14.7. The Morgan fingerprint density at radius 1 is 0.837 bits per heavy atom. The highest BCUT2D eigenvalue weighted by Gasteiger charge is 2.27. The number of halogens is 1. The molecule has 260 valence electrons. The van der Waals surface area contributed by atoms with Crippen LogP contribution in [0, 0.1) is 5.82 Å². The van der Waals surface area contributed by atoms with Crippen molar-refractivity contribution < 1.29 is 54.2 Å². The van der Waals surface area contributed by atoms with E-state index < -0.39 is 31.8 Å². The van der Waals surface area contributed by atoms with Crippen LogP contribution in [-0.4, -0.2) is 73.6 Å². The zero-order chi connectivity index (χ0) is 35.3. The lowest BCUT2D eigenvalue weighted by molar-refractivity contribution is 0.309. The van der Waals surface area contributed by atoms with E-state index in [1.165, 1.54) is 47.7 Å². The van der Waals surface area contributed by atoms with Gasteiger partial charge in [0.25, 0.3) is 21.2 Å². The van der Waals surface area contributed by atoms with Crippen molar-refractivity contribution in [1.29, 1.82) is 0 Å². The molecule has 0 saturated heterocycles. The van der Waals surface area contributed by atoms with Crippen LogP contribution in [0.4, 0.5) is 4.39 Å². The summed E-state index contributed by atoms with van der Waals surface area (Å²) in [5.74, 6) is 0.776. The van der Waals surface area contributed by atoms with E-state index in [2.05, 4.69) is 14.4 Å². The Labute approximate surface area is 284 Å². The lowest BCUT2D eigenvalue weighted by atomic mass is 10.1. The molecule has 0 aliphatic rings. The van der Waals surface area contributed by atoms with Crippen LogP contribution >= 0.6 is 11.8 Å². The van der Waals surface area contributed by atoms with E-state index in [1.54, 1.807) is 24.3 Å². The van der Waals surface area contributed by atoms with Crippen molar-refractivity contribution in [2.75, 3.05) is 55.0 Å². The van der Waals surface area contributed by atoms with Crippen molar-refractivity contribution in [3.05, 3.63) is 58.5 Å². The minimum absolute atomic E-state index is 0.0453. The van der Waals surface area contributed by atoms with Gasteiger partial charge in [-0.15, -0.1) is 10.2 Å². The van der Waals surface area contributed by atoms with Crippen LogP contribution in [-0.2, 0) is 14.3 Å². The minimum atomic E-state index is -4.26. The number of thioether (sulfide) groups is 1. The predicted octanol–water partition coefficient (Wildman–Crippen LogP) is 5.59. The third-order valence-electron chi connectivity index (χ3n) is 7.12. The summed E-state index contributed by atoms with van der Waals surface area (Å²) >= 11 is 1.12. The molecule has 2 heterocycles. The summed E-state index contributed by atoms with van der Waals surface area (Å²) < 4.78 is 89.1. The highest BCUT2D eigenvalue weighted by Crippen LogP contribution is 2.44. The van der Waals surface area contributed by atoms with E-state index in [4.69, 9.17) is 37.3 Å². The Morgan fingerprint density at radius 2 is 1.55 bits per heavy atom. The summed E-state index contributed by atoms with van der Waals surface area (Å²) in [5, 5.41) is 7.93. The van der Waals surface area contributed by atoms with Gasteiger partial charge < -0.3 is 37.3 Å². The smallest absolute Gasteiger partial charge is 0.297 e. The molecule has 0 aliphatic heterocycles. The van der Waals surface area contributed by atoms with Crippen molar-refractivity contribution in [3.63, 3.8) is 0 Å². The maximum absolute atomic E-state index is 14.7. The Balaban J connectivity index is 1.42. The highest BCUT2D eigenvalue weighted by molar-refractivity contribution is 7.99. The van der Waals surface area contributed by atoms with E-state index >= 15 is 0 Å². The van der Waals surface area contributed by atoms with Crippen molar-refractivity contribution in [2.45, 2.75) is 16.5 Å². The van der Waals surface area contributed by atoms with Crippen LogP contribution in [0.3, 0.4) is 0 Å². The van der Waals surface area contributed by atoms with E-state index in [0.717, 1.165) is 24.9 Å². The molecule has 5 rings (SSSR count). The Hall–Kier alpha value is -5.00. The number of rotatable bonds is 15. The van der Waals surface area contributed by atoms with Gasteiger partial charge in [-0.1, -0.05) is 17.8 Å². The fraction of sp³-hybridized carbons (Fsp3) is 0.281. The zero-order valence-electron chi connectivity index (χ0n) is 27.2. The van der Waals surface area contributed by atoms with Gasteiger partial charge in [0.15, 0.2) is 17.3 Å². The van der Waals surface area contributed by atoms with E-state index in [-0.39, 0.29) is 45.9 Å². The molecule has 0 fully saturated rings. The lowest BCUT2D eigenvalue weighted by Crippen LogP contribution is -2.12. The number of fused-ring (bicyclic) bond motifs is 1. The van der Waals surface area contributed by atoms with Crippen LogP contribution < -0.4 is 33.8 Å². The average Bonchev–Trinajstić information content (AvgIpc) is 3.58. The van der Waals surface area contributed by atoms with Gasteiger partial charge in [0.1, 0.15) is 33.2 Å². The molecule has 2 aromatic heterocycles. The minimum Gasteiger partial charge on any atom is -0.496 e. The average molecular weight is 719 g/mol. The molecule has 17 heteroatoms. The summed E-state index contributed by atoms with van der Waals surface area (Å²) in [6, 6.07) is 9.84. The number of methoxy groups -OCH3 is 5. The zero-order valence-corrected chi connectivity index (χ0v) is 28.8. The van der Waals surface area contributed by atoms with Crippen molar-refractivity contribution in [2.24, 2.45) is 0 Å². The normalized spacial score (nSPS) is 11.4. The van der Waals surface area contributed by atoms with Crippen molar-refractivity contribution in [3.8, 4) is 57.3 Å². The second-order valence-corrected chi connectivity index (χ2v) is 12.6. The molecule has 0 bridgehead atoms. The summed E-state index contributed by atoms with van der Waals surface area (Å²) in [6.07, 6.45) is 0.372. The van der Waals surface area contributed by atoms with Gasteiger partial charge in [0.2, 0.25) is 16.9 Å². The quantitative estimate of drug-likeness (QED) is 0.0746. The van der Waals surface area contributed by atoms with Crippen LogP contribution in [0.25, 0.3) is 33.7 Å². The Kier molecular flexibility index (Phi) is 10.8. The van der Waals surface area contributed by atoms with E-state index in [0.29, 0.717) is 40.7 Å². The van der Waals surface area contributed by atoms with Gasteiger partial charge in [0, 0.05) is 23.4 Å². The molecule has 0 saturated carbocycles. The largest absolute Gasteiger partial charge is 0.496 e. The number of nitrogens with zero attached hydrogens (tertiary/aromatic N) is 2. The molecule has 3 aromatic carbocycles.